The number of carbonyl (C=O) groups is 3. The van der Waals surface area contributed by atoms with Crippen molar-refractivity contribution < 1.29 is 33.0 Å². The molecule has 1 amide bonds. The number of aliphatic imine (C=N–C) groups is 1. The molecular weight excluding hydrogens is 482 g/mol. The summed E-state index contributed by atoms with van der Waals surface area (Å²) in [6.07, 6.45) is 8.13. The van der Waals surface area contributed by atoms with Gasteiger partial charge in [-0.2, -0.15) is 0 Å². The Morgan fingerprint density at radius 1 is 0.811 bits per heavy atom. The summed E-state index contributed by atoms with van der Waals surface area (Å²) >= 11 is 0. The number of cyclic esters (lactones) is 1. The summed E-state index contributed by atoms with van der Waals surface area (Å²) in [6, 6.07) is 10.9. The quantitative estimate of drug-likeness (QED) is 0.550. The highest BCUT2D eigenvalue weighted by Gasteiger charge is 2.46. The third-order valence-electron chi connectivity index (χ3n) is 7.23. The van der Waals surface area contributed by atoms with Gasteiger partial charge < -0.3 is 15.2 Å². The summed E-state index contributed by atoms with van der Waals surface area (Å²) in [5, 5.41) is 12.0. The first-order valence-corrected chi connectivity index (χ1v) is 12.6. The van der Waals surface area contributed by atoms with Gasteiger partial charge in [0.05, 0.1) is 0 Å². The van der Waals surface area contributed by atoms with Crippen LogP contribution in [0.4, 0.5) is 8.78 Å². The molecule has 5 rings (SSSR count). The molecule has 0 atom stereocenters. The number of amides is 1. The van der Waals surface area contributed by atoms with Gasteiger partial charge in [0.25, 0.3) is 5.91 Å². The maximum absolute atomic E-state index is 12.9. The number of benzene rings is 2. The number of halogens is 2. The molecule has 2 N–H and O–H groups in total. The van der Waals surface area contributed by atoms with Crippen molar-refractivity contribution in [3.05, 3.63) is 71.3 Å². The molecule has 0 radical (unpaired) electrons. The monoisotopic (exact) mass is 512 g/mol. The van der Waals surface area contributed by atoms with E-state index in [0.29, 0.717) is 24.3 Å². The molecule has 0 aromatic heterocycles. The molecule has 0 bridgehead atoms. The van der Waals surface area contributed by atoms with Crippen LogP contribution in [-0.4, -0.2) is 39.9 Å². The van der Waals surface area contributed by atoms with Crippen molar-refractivity contribution >= 4 is 23.7 Å². The molecule has 9 heteroatoms. The fourth-order valence-electron chi connectivity index (χ4n) is 5.05. The number of hydrogen-bond donors (Lipinski definition) is 2. The molecular formula is C28H30F2N2O5. The second-order valence-electron chi connectivity index (χ2n) is 9.81. The average Bonchev–Trinajstić information content (AvgIpc) is 3.21. The largest absolute Gasteiger partial charge is 0.480 e. The highest BCUT2D eigenvalue weighted by molar-refractivity contribution is 6.08. The first kappa shape index (κ1) is 26.4. The number of esters is 1. The minimum Gasteiger partial charge on any atom is -0.480 e. The number of carboxylic acids is 1. The van der Waals surface area contributed by atoms with E-state index in [4.69, 9.17) is 4.74 Å². The van der Waals surface area contributed by atoms with Crippen molar-refractivity contribution in [3.63, 3.8) is 0 Å². The van der Waals surface area contributed by atoms with Crippen LogP contribution in [0.1, 0.15) is 80.1 Å². The van der Waals surface area contributed by atoms with E-state index in [9.17, 15) is 28.3 Å². The van der Waals surface area contributed by atoms with Crippen molar-refractivity contribution in [3.8, 4) is 0 Å². The van der Waals surface area contributed by atoms with Crippen molar-refractivity contribution in [1.29, 1.82) is 0 Å². The van der Waals surface area contributed by atoms with Gasteiger partial charge in [0.1, 0.15) is 17.2 Å². The summed E-state index contributed by atoms with van der Waals surface area (Å²) in [5.41, 5.74) is -0.911. The number of nitrogens with zero attached hydrogens (tertiary/aromatic N) is 1. The smallest absolute Gasteiger partial charge is 0.340 e. The Morgan fingerprint density at radius 3 is 1.86 bits per heavy atom. The Hall–Kier alpha value is -3.62. The van der Waals surface area contributed by atoms with E-state index >= 15 is 0 Å². The van der Waals surface area contributed by atoms with Gasteiger partial charge in [-0.05, 0) is 74.2 Å². The van der Waals surface area contributed by atoms with E-state index in [-0.39, 0.29) is 17.3 Å². The molecule has 2 aromatic rings. The van der Waals surface area contributed by atoms with E-state index in [1.807, 2.05) is 0 Å². The summed E-state index contributed by atoms with van der Waals surface area (Å²) in [7, 11) is 0. The number of rotatable bonds is 4. The first-order chi connectivity index (χ1) is 17.7. The minimum absolute atomic E-state index is 0.249. The van der Waals surface area contributed by atoms with E-state index in [0.717, 1.165) is 51.4 Å². The Balaban J connectivity index is 0.000000173. The molecule has 196 valence electrons. The second-order valence-corrected chi connectivity index (χ2v) is 9.81. The van der Waals surface area contributed by atoms with Crippen LogP contribution in [-0.2, 0) is 14.3 Å². The molecule has 1 spiro atoms. The topological polar surface area (TPSA) is 105 Å². The van der Waals surface area contributed by atoms with Gasteiger partial charge in [-0.25, -0.2) is 23.4 Å². The van der Waals surface area contributed by atoms with Crippen LogP contribution in [0, 0.1) is 11.6 Å². The molecule has 7 nitrogen and oxygen atoms in total. The van der Waals surface area contributed by atoms with E-state index in [1.165, 1.54) is 36.4 Å². The molecule has 1 aliphatic heterocycles. The number of carboxylic acid groups (broad SMARTS) is 1. The standard InChI is InChI=1S/C14H16FNO3.C14H14FNO2/c15-11-6-4-10(5-7-11)12(17)16-14(13(18)19)8-2-1-3-9-14;15-11-6-4-10(5-7-11)12-16-14(13(17)18-12)8-2-1-3-9-14/h4-7H,1-3,8-9H2,(H,16,17)(H,18,19);4-7H,1-3,8-9H2. The summed E-state index contributed by atoms with van der Waals surface area (Å²) in [5.74, 6) is -2.12. The average molecular weight is 513 g/mol. The van der Waals surface area contributed by atoms with Gasteiger partial charge in [0, 0.05) is 11.1 Å². The maximum Gasteiger partial charge on any atom is 0.340 e. The summed E-state index contributed by atoms with van der Waals surface area (Å²) < 4.78 is 30.9. The fourth-order valence-corrected chi connectivity index (χ4v) is 5.05. The molecule has 37 heavy (non-hydrogen) atoms. The SMILES string of the molecule is O=C(NC1(C(=O)O)CCCCC1)c1ccc(F)cc1.O=C1OC(c2ccc(F)cc2)=NC12CCCCC2. The van der Waals surface area contributed by atoms with Crippen LogP contribution < -0.4 is 5.32 Å². The van der Waals surface area contributed by atoms with Crippen LogP contribution in [0.15, 0.2) is 53.5 Å². The lowest BCUT2D eigenvalue weighted by atomic mass is 9.81. The van der Waals surface area contributed by atoms with Crippen LogP contribution in [0.25, 0.3) is 0 Å². The van der Waals surface area contributed by atoms with Crippen LogP contribution >= 0.6 is 0 Å². The van der Waals surface area contributed by atoms with Crippen LogP contribution in [0.3, 0.4) is 0 Å². The zero-order valence-electron chi connectivity index (χ0n) is 20.5. The number of carbonyl (C=O) groups excluding carboxylic acids is 2. The molecule has 0 saturated heterocycles. The van der Waals surface area contributed by atoms with E-state index < -0.39 is 28.8 Å². The fraction of sp³-hybridized carbons (Fsp3) is 0.429. The summed E-state index contributed by atoms with van der Waals surface area (Å²) in [4.78, 5) is 39.9. The molecule has 0 unspecified atom stereocenters. The minimum atomic E-state index is -1.18. The predicted octanol–water partition coefficient (Wildman–Crippen LogP) is 5.18. The third-order valence-corrected chi connectivity index (χ3v) is 7.23. The first-order valence-electron chi connectivity index (χ1n) is 12.6. The van der Waals surface area contributed by atoms with Crippen LogP contribution in [0.5, 0.6) is 0 Å². The normalized spacial score (nSPS) is 19.7. The molecule has 3 aliphatic rings. The lowest BCUT2D eigenvalue weighted by Gasteiger charge is -2.33. The Kier molecular flexibility index (Phi) is 8.00. The molecule has 2 saturated carbocycles. The van der Waals surface area contributed by atoms with Crippen molar-refractivity contribution in [1.82, 2.24) is 5.32 Å². The van der Waals surface area contributed by atoms with Crippen LogP contribution in [0.2, 0.25) is 0 Å². The third kappa shape index (κ3) is 6.03. The van der Waals surface area contributed by atoms with Crippen molar-refractivity contribution in [2.45, 2.75) is 75.3 Å². The number of aliphatic carboxylic acids is 1. The molecule has 1 heterocycles. The lowest BCUT2D eigenvalue weighted by Crippen LogP contribution is -2.55. The van der Waals surface area contributed by atoms with Gasteiger partial charge in [-0.3, -0.25) is 4.79 Å². The summed E-state index contributed by atoms with van der Waals surface area (Å²) in [6.45, 7) is 0. The Bertz CT molecular complexity index is 1170. The number of hydrogen-bond acceptors (Lipinski definition) is 5. The number of nitrogens with one attached hydrogen (secondary N) is 1. The van der Waals surface area contributed by atoms with Gasteiger partial charge in [0.2, 0.25) is 5.90 Å². The van der Waals surface area contributed by atoms with Gasteiger partial charge >= 0.3 is 11.9 Å². The van der Waals surface area contributed by atoms with Crippen molar-refractivity contribution in [2.24, 2.45) is 4.99 Å². The van der Waals surface area contributed by atoms with Gasteiger partial charge in [-0.15, -0.1) is 0 Å². The highest BCUT2D eigenvalue weighted by atomic mass is 19.1. The molecule has 2 aromatic carbocycles. The zero-order chi connectivity index (χ0) is 26.5. The predicted molar refractivity (Wildman–Crippen MR) is 132 cm³/mol. The zero-order valence-corrected chi connectivity index (χ0v) is 20.5. The van der Waals surface area contributed by atoms with E-state index in [2.05, 4.69) is 10.3 Å². The number of ether oxygens (including phenoxy) is 1. The maximum atomic E-state index is 12.9. The van der Waals surface area contributed by atoms with Gasteiger partial charge in [0.15, 0.2) is 5.54 Å². The second kappa shape index (κ2) is 11.2. The molecule has 2 fully saturated rings. The van der Waals surface area contributed by atoms with E-state index in [1.54, 1.807) is 12.1 Å². The lowest BCUT2D eigenvalue weighted by molar-refractivity contribution is -0.146. The van der Waals surface area contributed by atoms with Crippen molar-refractivity contribution in [2.75, 3.05) is 0 Å². The Labute approximate surface area is 213 Å². The Morgan fingerprint density at radius 2 is 1.32 bits per heavy atom. The van der Waals surface area contributed by atoms with Gasteiger partial charge in [-0.1, -0.05) is 38.5 Å². The highest BCUT2D eigenvalue weighted by Crippen LogP contribution is 2.37. The molecule has 2 aliphatic carbocycles.